The number of thioether (sulfide) groups is 1. The molecule has 7 heteroatoms. The van der Waals surface area contributed by atoms with Crippen LogP contribution in [0.5, 0.6) is 5.75 Å². The molecule has 27 heavy (non-hydrogen) atoms. The molecule has 1 aliphatic rings. The van der Waals surface area contributed by atoms with Crippen LogP contribution in [0.1, 0.15) is 57.8 Å². The maximum absolute atomic E-state index is 12.2. The van der Waals surface area contributed by atoms with Crippen molar-refractivity contribution in [2.75, 3.05) is 13.1 Å². The van der Waals surface area contributed by atoms with Gasteiger partial charge in [0, 0.05) is 36.1 Å². The Bertz CT molecular complexity index is 675. The van der Waals surface area contributed by atoms with Crippen LogP contribution in [-0.2, 0) is 4.74 Å². The number of rotatable bonds is 5. The number of amides is 1. The Kier molecular flexibility index (Phi) is 7.03. The molecule has 0 radical (unpaired) electrons. The molecule has 1 fully saturated rings. The van der Waals surface area contributed by atoms with E-state index in [4.69, 9.17) is 9.47 Å². The third kappa shape index (κ3) is 6.65. The van der Waals surface area contributed by atoms with E-state index in [2.05, 4.69) is 13.8 Å². The van der Waals surface area contributed by atoms with Gasteiger partial charge in [0.2, 0.25) is 0 Å². The first-order chi connectivity index (χ1) is 12.5. The second kappa shape index (κ2) is 8.87. The molecule has 150 valence electrons. The van der Waals surface area contributed by atoms with E-state index in [1.54, 1.807) is 28.8 Å². The summed E-state index contributed by atoms with van der Waals surface area (Å²) >= 11 is 1.66. The minimum absolute atomic E-state index is 0.124. The number of nitrogens with zero attached hydrogens (tertiary/aromatic N) is 1. The summed E-state index contributed by atoms with van der Waals surface area (Å²) in [5.74, 6) is -0.610. The van der Waals surface area contributed by atoms with Crippen LogP contribution in [0.3, 0.4) is 0 Å². The number of carbonyl (C=O) groups excluding carboxylic acids is 1. The van der Waals surface area contributed by atoms with E-state index >= 15 is 0 Å². The lowest BCUT2D eigenvalue weighted by atomic mass is 10.1. The summed E-state index contributed by atoms with van der Waals surface area (Å²) in [6, 6.07) is 5.21. The number of hydrogen-bond donors (Lipinski definition) is 1. The molecule has 0 aromatic heterocycles. The Hall–Kier alpha value is -1.89. The summed E-state index contributed by atoms with van der Waals surface area (Å²) in [7, 11) is 0. The van der Waals surface area contributed by atoms with Gasteiger partial charge in [-0.2, -0.15) is 0 Å². The van der Waals surface area contributed by atoms with E-state index in [1.165, 1.54) is 0 Å². The smallest absolute Gasteiger partial charge is 0.410 e. The van der Waals surface area contributed by atoms with Crippen molar-refractivity contribution in [1.29, 1.82) is 0 Å². The number of ether oxygens (including phenoxy) is 2. The van der Waals surface area contributed by atoms with Gasteiger partial charge in [-0.05, 0) is 39.0 Å². The minimum atomic E-state index is -1.00. The molecule has 0 spiro atoms. The Labute approximate surface area is 165 Å². The fourth-order valence-corrected chi connectivity index (χ4v) is 3.65. The topological polar surface area (TPSA) is 76.1 Å². The highest BCUT2D eigenvalue weighted by Gasteiger charge is 2.28. The molecule has 0 saturated carbocycles. The van der Waals surface area contributed by atoms with Crippen LogP contribution in [-0.4, -0.2) is 52.1 Å². The van der Waals surface area contributed by atoms with Crippen molar-refractivity contribution in [3.63, 3.8) is 0 Å². The summed E-state index contributed by atoms with van der Waals surface area (Å²) in [5.41, 5.74) is -0.354. The Morgan fingerprint density at radius 1 is 1.22 bits per heavy atom. The molecule has 1 heterocycles. The summed E-state index contributed by atoms with van der Waals surface area (Å²) < 4.78 is 11.4. The van der Waals surface area contributed by atoms with E-state index in [-0.39, 0.29) is 17.8 Å². The van der Waals surface area contributed by atoms with E-state index < -0.39 is 11.6 Å². The van der Waals surface area contributed by atoms with Gasteiger partial charge in [0.25, 0.3) is 0 Å². The maximum Gasteiger partial charge on any atom is 0.410 e. The highest BCUT2D eigenvalue weighted by atomic mass is 32.2. The van der Waals surface area contributed by atoms with Crippen molar-refractivity contribution in [3.8, 4) is 5.75 Å². The number of carbonyl (C=O) groups is 2. The number of hydrogen-bond acceptors (Lipinski definition) is 5. The lowest BCUT2D eigenvalue weighted by Crippen LogP contribution is -2.44. The normalized spacial score (nSPS) is 15.7. The Morgan fingerprint density at radius 2 is 1.85 bits per heavy atom. The molecule has 1 amide bonds. The monoisotopic (exact) mass is 395 g/mol. The molecule has 0 aliphatic carbocycles. The second-order valence-corrected chi connectivity index (χ2v) is 9.56. The van der Waals surface area contributed by atoms with E-state index in [9.17, 15) is 14.7 Å². The molecule has 1 saturated heterocycles. The van der Waals surface area contributed by atoms with Crippen LogP contribution >= 0.6 is 11.8 Å². The quantitative estimate of drug-likeness (QED) is 0.731. The summed E-state index contributed by atoms with van der Waals surface area (Å²) in [6.07, 6.45) is 0.836. The number of carboxylic acids is 1. The van der Waals surface area contributed by atoms with E-state index in [0.717, 1.165) is 4.90 Å². The Balaban J connectivity index is 2.01. The molecule has 1 aromatic carbocycles. The molecular weight excluding hydrogens is 366 g/mol. The zero-order valence-corrected chi connectivity index (χ0v) is 17.5. The molecule has 6 nitrogen and oxygen atoms in total. The summed E-state index contributed by atoms with van der Waals surface area (Å²) in [6.45, 7) is 10.8. The summed E-state index contributed by atoms with van der Waals surface area (Å²) in [5, 5.41) is 9.83. The van der Waals surface area contributed by atoms with Crippen LogP contribution < -0.4 is 4.74 Å². The lowest BCUT2D eigenvalue weighted by Gasteiger charge is -2.33. The minimum Gasteiger partial charge on any atom is -0.489 e. The average molecular weight is 396 g/mol. The van der Waals surface area contributed by atoms with E-state index in [0.29, 0.717) is 36.9 Å². The molecule has 0 bridgehead atoms. The van der Waals surface area contributed by atoms with Crippen LogP contribution in [0, 0.1) is 0 Å². The average Bonchev–Trinajstić information content (AvgIpc) is 2.53. The van der Waals surface area contributed by atoms with Crippen LogP contribution in [0.25, 0.3) is 0 Å². The first-order valence-electron chi connectivity index (χ1n) is 9.24. The van der Waals surface area contributed by atoms with E-state index in [1.807, 2.05) is 26.8 Å². The van der Waals surface area contributed by atoms with Crippen molar-refractivity contribution in [1.82, 2.24) is 4.90 Å². The summed E-state index contributed by atoms with van der Waals surface area (Å²) in [4.78, 5) is 26.3. The third-order valence-corrected chi connectivity index (χ3v) is 4.94. The van der Waals surface area contributed by atoms with Crippen molar-refractivity contribution in [2.45, 2.75) is 69.3 Å². The van der Waals surface area contributed by atoms with Gasteiger partial charge in [0.05, 0.1) is 0 Å². The number of benzene rings is 1. The second-order valence-electron chi connectivity index (χ2n) is 7.91. The molecule has 0 unspecified atom stereocenters. The number of aromatic carboxylic acids is 1. The highest BCUT2D eigenvalue weighted by molar-refractivity contribution is 7.99. The first-order valence-corrected chi connectivity index (χ1v) is 10.1. The molecule has 1 aromatic rings. The first kappa shape index (κ1) is 21.4. The zero-order chi connectivity index (χ0) is 20.2. The zero-order valence-electron chi connectivity index (χ0n) is 16.7. The van der Waals surface area contributed by atoms with Gasteiger partial charge in [0.1, 0.15) is 23.0 Å². The number of likely N-dealkylation sites (tertiary alicyclic amines) is 1. The predicted molar refractivity (Wildman–Crippen MR) is 106 cm³/mol. The lowest BCUT2D eigenvalue weighted by molar-refractivity contribution is 0.0126. The molecule has 1 N–H and O–H groups in total. The predicted octanol–water partition coefficient (Wildman–Crippen LogP) is 4.66. The molecule has 1 aliphatic heterocycles. The van der Waals surface area contributed by atoms with Crippen LogP contribution in [0.2, 0.25) is 0 Å². The van der Waals surface area contributed by atoms with Gasteiger partial charge in [0.15, 0.2) is 0 Å². The van der Waals surface area contributed by atoms with Crippen LogP contribution in [0.15, 0.2) is 23.1 Å². The number of piperidine rings is 1. The molecular formula is C20H29NO5S. The van der Waals surface area contributed by atoms with Crippen molar-refractivity contribution in [2.24, 2.45) is 0 Å². The standard InChI is InChI=1S/C20H29NO5S/c1-13(2)27-15-6-7-16(18(22)23)17(12-15)25-14-8-10-21(11-9-14)19(24)26-20(3,4)5/h6-7,12-14H,8-11H2,1-5H3,(H,22,23). The van der Waals surface area contributed by atoms with Crippen molar-refractivity contribution >= 4 is 23.8 Å². The van der Waals surface area contributed by atoms with Gasteiger partial charge < -0.3 is 19.5 Å². The fraction of sp³-hybridized carbons (Fsp3) is 0.600. The van der Waals surface area contributed by atoms with Gasteiger partial charge in [-0.25, -0.2) is 9.59 Å². The molecule has 0 atom stereocenters. The number of carboxylic acid groups (broad SMARTS) is 1. The highest BCUT2D eigenvalue weighted by Crippen LogP contribution is 2.31. The largest absolute Gasteiger partial charge is 0.489 e. The van der Waals surface area contributed by atoms with Crippen molar-refractivity contribution in [3.05, 3.63) is 23.8 Å². The maximum atomic E-state index is 12.2. The Morgan fingerprint density at radius 3 is 2.37 bits per heavy atom. The third-order valence-electron chi connectivity index (χ3n) is 3.94. The van der Waals surface area contributed by atoms with Crippen molar-refractivity contribution < 1.29 is 24.2 Å². The fourth-order valence-electron chi connectivity index (χ4n) is 2.78. The molecule has 2 rings (SSSR count). The van der Waals surface area contributed by atoms with Gasteiger partial charge in [-0.3, -0.25) is 0 Å². The van der Waals surface area contributed by atoms with Gasteiger partial charge >= 0.3 is 12.1 Å². The van der Waals surface area contributed by atoms with Crippen LogP contribution in [0.4, 0.5) is 4.79 Å². The van der Waals surface area contributed by atoms with Gasteiger partial charge in [-0.1, -0.05) is 13.8 Å². The van der Waals surface area contributed by atoms with Gasteiger partial charge in [-0.15, -0.1) is 11.8 Å². The SMILES string of the molecule is CC(C)Sc1ccc(C(=O)O)c(OC2CCN(C(=O)OC(C)(C)C)CC2)c1.